The van der Waals surface area contributed by atoms with E-state index in [2.05, 4.69) is 42.2 Å². The summed E-state index contributed by atoms with van der Waals surface area (Å²) in [6.45, 7) is 0. The van der Waals surface area contributed by atoms with E-state index in [-0.39, 0.29) is 17.8 Å². The van der Waals surface area contributed by atoms with Crippen LogP contribution in [-0.2, 0) is 0 Å². The minimum absolute atomic E-state index is 0.0558. The number of nitrogens with one attached hydrogen (secondary N) is 3. The summed E-state index contributed by atoms with van der Waals surface area (Å²) in [5.74, 6) is 1.04. The van der Waals surface area contributed by atoms with Crippen LogP contribution >= 0.6 is 0 Å². The summed E-state index contributed by atoms with van der Waals surface area (Å²) in [6.07, 6.45) is 7.28. The number of anilines is 3. The number of hydrogen-bond donors (Lipinski definition) is 4. The van der Waals surface area contributed by atoms with Gasteiger partial charge in [0.15, 0.2) is 11.5 Å². The normalized spacial score (nSPS) is 18.0. The third kappa shape index (κ3) is 4.87. The van der Waals surface area contributed by atoms with E-state index in [4.69, 9.17) is 5.11 Å². The Morgan fingerprint density at radius 3 is 2.71 bits per heavy atom. The second kappa shape index (κ2) is 9.08. The fourth-order valence-electron chi connectivity index (χ4n) is 3.65. The Hall–Kier alpha value is -4.20. The van der Waals surface area contributed by atoms with Crippen LogP contribution in [0, 0.1) is 11.3 Å². The number of nitrogens with zero attached hydrogens (tertiary/aromatic N) is 6. The maximum absolute atomic E-state index is 11.1. The molecular weight excluding hydrogens is 398 g/mol. The molecule has 11 heteroatoms. The van der Waals surface area contributed by atoms with Crippen LogP contribution in [0.15, 0.2) is 42.9 Å². The van der Waals surface area contributed by atoms with Crippen molar-refractivity contribution in [1.82, 2.24) is 30.3 Å². The summed E-state index contributed by atoms with van der Waals surface area (Å²) >= 11 is 0. The fourth-order valence-corrected chi connectivity index (χ4v) is 3.65. The smallest absolute Gasteiger partial charge is 0.404 e. The van der Waals surface area contributed by atoms with Crippen LogP contribution in [0.1, 0.15) is 31.4 Å². The molecule has 158 valence electrons. The van der Waals surface area contributed by atoms with Gasteiger partial charge < -0.3 is 21.1 Å². The number of carbonyl (C=O) groups is 1. The van der Waals surface area contributed by atoms with E-state index in [9.17, 15) is 10.1 Å². The van der Waals surface area contributed by atoms with Crippen molar-refractivity contribution in [2.24, 2.45) is 0 Å². The summed E-state index contributed by atoms with van der Waals surface area (Å²) in [5.41, 5.74) is 1.40. The Bertz CT molecular complexity index is 1090. The first-order chi connectivity index (χ1) is 15.1. The summed E-state index contributed by atoms with van der Waals surface area (Å²) in [5, 5.41) is 35.8. The van der Waals surface area contributed by atoms with Crippen molar-refractivity contribution in [3.63, 3.8) is 0 Å². The Balaban J connectivity index is 1.55. The molecule has 0 radical (unpaired) electrons. The lowest BCUT2D eigenvalue weighted by Crippen LogP contribution is -2.48. The third-order valence-electron chi connectivity index (χ3n) is 5.04. The zero-order chi connectivity index (χ0) is 21.6. The summed E-state index contributed by atoms with van der Waals surface area (Å²) in [7, 11) is 0. The number of carboxylic acid groups (broad SMARTS) is 1. The SMILES string of the molecule is N#Cc1ncc(N[C@@H]2CCCC[C@@H]2NC(=O)O)cc1Nc1cccc(-n2nccn2)n1. The van der Waals surface area contributed by atoms with E-state index < -0.39 is 6.09 Å². The molecule has 1 aliphatic rings. The molecule has 1 fully saturated rings. The van der Waals surface area contributed by atoms with Crippen LogP contribution in [0.3, 0.4) is 0 Å². The van der Waals surface area contributed by atoms with E-state index in [0.717, 1.165) is 25.7 Å². The minimum atomic E-state index is -1.03. The maximum atomic E-state index is 11.1. The lowest BCUT2D eigenvalue weighted by atomic mass is 9.90. The number of pyridine rings is 2. The van der Waals surface area contributed by atoms with Crippen molar-refractivity contribution in [2.45, 2.75) is 37.8 Å². The van der Waals surface area contributed by atoms with E-state index in [0.29, 0.717) is 23.0 Å². The first kappa shape index (κ1) is 20.1. The van der Waals surface area contributed by atoms with Crippen molar-refractivity contribution in [1.29, 1.82) is 5.26 Å². The van der Waals surface area contributed by atoms with Gasteiger partial charge in [0.25, 0.3) is 0 Å². The van der Waals surface area contributed by atoms with Gasteiger partial charge in [0.1, 0.15) is 11.9 Å². The average molecular weight is 419 g/mol. The molecule has 0 spiro atoms. The molecule has 4 rings (SSSR count). The highest BCUT2D eigenvalue weighted by molar-refractivity contribution is 5.68. The van der Waals surface area contributed by atoms with Crippen molar-refractivity contribution >= 4 is 23.3 Å². The molecule has 4 N–H and O–H groups in total. The number of nitriles is 1. The van der Waals surface area contributed by atoms with Crippen molar-refractivity contribution < 1.29 is 9.90 Å². The highest BCUT2D eigenvalue weighted by Gasteiger charge is 2.26. The van der Waals surface area contributed by atoms with Crippen LogP contribution in [0.4, 0.5) is 22.0 Å². The van der Waals surface area contributed by atoms with Crippen molar-refractivity contribution in [3.8, 4) is 11.9 Å². The zero-order valence-corrected chi connectivity index (χ0v) is 16.6. The molecule has 0 unspecified atom stereocenters. The fraction of sp³-hybridized carbons (Fsp3) is 0.300. The molecule has 31 heavy (non-hydrogen) atoms. The van der Waals surface area contributed by atoms with Gasteiger partial charge in [-0.15, -0.1) is 4.80 Å². The number of amides is 1. The number of rotatable bonds is 6. The molecule has 0 bridgehead atoms. The van der Waals surface area contributed by atoms with E-state index in [1.54, 1.807) is 42.9 Å². The average Bonchev–Trinajstić information content (AvgIpc) is 3.30. The first-order valence-corrected chi connectivity index (χ1v) is 9.89. The molecule has 0 aliphatic heterocycles. The largest absolute Gasteiger partial charge is 0.465 e. The summed E-state index contributed by atoms with van der Waals surface area (Å²) < 4.78 is 0. The van der Waals surface area contributed by atoms with Crippen LogP contribution in [0.25, 0.3) is 5.82 Å². The summed E-state index contributed by atoms with van der Waals surface area (Å²) in [6, 6.07) is 8.95. The van der Waals surface area contributed by atoms with Gasteiger partial charge in [-0.2, -0.15) is 15.5 Å². The van der Waals surface area contributed by atoms with Crippen molar-refractivity contribution in [2.75, 3.05) is 10.6 Å². The predicted octanol–water partition coefficient (Wildman–Crippen LogP) is 2.66. The van der Waals surface area contributed by atoms with Gasteiger partial charge in [0.05, 0.1) is 36.0 Å². The van der Waals surface area contributed by atoms with Gasteiger partial charge in [0, 0.05) is 6.04 Å². The topological polar surface area (TPSA) is 154 Å². The Morgan fingerprint density at radius 2 is 1.97 bits per heavy atom. The molecule has 3 aromatic heterocycles. The third-order valence-corrected chi connectivity index (χ3v) is 5.04. The van der Waals surface area contributed by atoms with E-state index >= 15 is 0 Å². The molecule has 1 aliphatic carbocycles. The van der Waals surface area contributed by atoms with Crippen molar-refractivity contribution in [3.05, 3.63) is 48.5 Å². The zero-order valence-electron chi connectivity index (χ0n) is 16.6. The molecule has 3 heterocycles. The standard InChI is InChI=1S/C20H21N9O2/c21-11-17-16(26-18-6-3-7-19(28-18)29-23-8-9-24-29)10-13(12-22-17)25-14-4-1-2-5-15(14)27-20(30)31/h3,6-10,12,14-15,25,27H,1-2,4-5H2,(H,26,28)(H,30,31)/t14-,15+/m1/s1. The second-order valence-corrected chi connectivity index (χ2v) is 7.15. The molecule has 11 nitrogen and oxygen atoms in total. The first-order valence-electron chi connectivity index (χ1n) is 9.89. The van der Waals surface area contributed by atoms with Gasteiger partial charge in [-0.05, 0) is 31.0 Å². The Morgan fingerprint density at radius 1 is 1.19 bits per heavy atom. The van der Waals surface area contributed by atoms with E-state index in [1.165, 1.54) is 4.80 Å². The number of aromatic nitrogens is 5. The predicted molar refractivity (Wildman–Crippen MR) is 112 cm³/mol. The maximum Gasteiger partial charge on any atom is 0.404 e. The lowest BCUT2D eigenvalue weighted by molar-refractivity contribution is 0.184. The molecule has 1 amide bonds. The highest BCUT2D eigenvalue weighted by Crippen LogP contribution is 2.26. The minimum Gasteiger partial charge on any atom is -0.465 e. The molecule has 3 aromatic rings. The Kier molecular flexibility index (Phi) is 5.89. The monoisotopic (exact) mass is 419 g/mol. The van der Waals surface area contributed by atoms with E-state index in [1.807, 2.05) is 0 Å². The molecule has 0 aromatic carbocycles. The van der Waals surface area contributed by atoms with Gasteiger partial charge in [0.2, 0.25) is 0 Å². The molecular formula is C20H21N9O2. The highest BCUT2D eigenvalue weighted by atomic mass is 16.4. The van der Waals surface area contributed by atoms with Crippen LogP contribution in [-0.4, -0.2) is 48.2 Å². The van der Waals surface area contributed by atoms with Crippen LogP contribution < -0.4 is 16.0 Å². The second-order valence-electron chi connectivity index (χ2n) is 7.15. The quantitative estimate of drug-likeness (QED) is 0.472. The molecule has 0 saturated heterocycles. The Labute approximate surface area is 178 Å². The van der Waals surface area contributed by atoms with Gasteiger partial charge in [-0.3, -0.25) is 0 Å². The summed E-state index contributed by atoms with van der Waals surface area (Å²) in [4.78, 5) is 21.2. The molecule has 1 saturated carbocycles. The molecule has 2 atom stereocenters. The lowest BCUT2D eigenvalue weighted by Gasteiger charge is -2.32. The van der Waals surface area contributed by atoms with Crippen LogP contribution in [0.2, 0.25) is 0 Å². The number of hydrogen-bond acceptors (Lipinski definition) is 8. The van der Waals surface area contributed by atoms with Crippen LogP contribution in [0.5, 0.6) is 0 Å². The van der Waals surface area contributed by atoms with Gasteiger partial charge >= 0.3 is 6.09 Å². The van der Waals surface area contributed by atoms with Gasteiger partial charge in [-0.1, -0.05) is 18.9 Å². The van der Waals surface area contributed by atoms with Gasteiger partial charge in [-0.25, -0.2) is 14.8 Å².